The molecule has 4 heteroatoms. The van der Waals surface area contributed by atoms with E-state index in [1.54, 1.807) is 37.6 Å². The zero-order valence-electron chi connectivity index (χ0n) is 11.6. The number of ether oxygens (including phenoxy) is 2. The first kappa shape index (κ1) is 14.1. The maximum absolute atomic E-state index is 11.9. The van der Waals surface area contributed by atoms with Crippen molar-refractivity contribution in [3.63, 3.8) is 0 Å². The fourth-order valence-electron chi connectivity index (χ4n) is 1.82. The zero-order chi connectivity index (χ0) is 14.4. The van der Waals surface area contributed by atoms with Crippen LogP contribution in [-0.4, -0.2) is 17.9 Å². The number of ketones is 1. The van der Waals surface area contributed by atoms with Crippen molar-refractivity contribution in [1.82, 2.24) is 4.98 Å². The van der Waals surface area contributed by atoms with E-state index < -0.39 is 0 Å². The van der Waals surface area contributed by atoms with Gasteiger partial charge in [-0.15, -0.1) is 0 Å². The molecule has 0 atom stereocenters. The van der Waals surface area contributed by atoms with Crippen molar-refractivity contribution in [3.05, 3.63) is 48.2 Å². The largest absolute Gasteiger partial charge is 0.493 e. The Hall–Kier alpha value is -2.36. The van der Waals surface area contributed by atoms with E-state index in [0.717, 1.165) is 6.42 Å². The molecular weight excluding hydrogens is 254 g/mol. The fraction of sp³-hybridized carbons (Fsp3) is 0.250. The van der Waals surface area contributed by atoms with E-state index in [-0.39, 0.29) is 5.78 Å². The molecule has 0 saturated heterocycles. The lowest BCUT2D eigenvalue weighted by Gasteiger charge is -2.10. The van der Waals surface area contributed by atoms with Gasteiger partial charge >= 0.3 is 0 Å². The van der Waals surface area contributed by atoms with Crippen molar-refractivity contribution in [2.24, 2.45) is 0 Å². The first-order valence-corrected chi connectivity index (χ1v) is 6.54. The van der Waals surface area contributed by atoms with Gasteiger partial charge in [0.05, 0.1) is 7.11 Å². The topological polar surface area (TPSA) is 48.4 Å². The molecule has 0 fully saturated rings. The molecule has 0 aliphatic rings. The van der Waals surface area contributed by atoms with Crippen LogP contribution in [0.5, 0.6) is 17.4 Å². The van der Waals surface area contributed by atoms with Crippen molar-refractivity contribution in [2.75, 3.05) is 7.11 Å². The highest BCUT2D eigenvalue weighted by atomic mass is 16.5. The highest BCUT2D eigenvalue weighted by Crippen LogP contribution is 2.31. The van der Waals surface area contributed by atoms with Crippen molar-refractivity contribution < 1.29 is 14.3 Å². The first-order chi connectivity index (χ1) is 9.74. The number of hydrogen-bond acceptors (Lipinski definition) is 4. The number of methoxy groups -OCH3 is 1. The number of aromatic nitrogens is 1. The maximum atomic E-state index is 11.9. The highest BCUT2D eigenvalue weighted by molar-refractivity contribution is 5.96. The average Bonchev–Trinajstić information content (AvgIpc) is 2.49. The summed E-state index contributed by atoms with van der Waals surface area (Å²) in [7, 11) is 1.55. The third kappa shape index (κ3) is 3.35. The molecule has 0 spiro atoms. The lowest BCUT2D eigenvalue weighted by molar-refractivity contribution is 0.0981. The molecule has 0 bridgehead atoms. The Balaban J connectivity index is 2.24. The lowest BCUT2D eigenvalue weighted by atomic mass is 10.1. The standard InChI is InChI=1S/C16H17NO3/c1-3-6-13(18)12-8-9-14(15(11-12)19-2)20-16-7-4-5-10-17-16/h4-5,7-11H,3,6H2,1-2H3. The summed E-state index contributed by atoms with van der Waals surface area (Å²) >= 11 is 0. The van der Waals surface area contributed by atoms with Crippen molar-refractivity contribution in [1.29, 1.82) is 0 Å². The average molecular weight is 271 g/mol. The number of rotatable bonds is 6. The number of pyridine rings is 1. The van der Waals surface area contributed by atoms with Crippen molar-refractivity contribution in [3.8, 4) is 17.4 Å². The van der Waals surface area contributed by atoms with Gasteiger partial charge in [0, 0.05) is 24.2 Å². The minimum absolute atomic E-state index is 0.107. The number of nitrogens with zero attached hydrogens (tertiary/aromatic N) is 1. The Kier molecular flexibility index (Phi) is 4.71. The Morgan fingerprint density at radius 1 is 1.20 bits per heavy atom. The molecule has 1 heterocycles. The van der Waals surface area contributed by atoms with Crippen LogP contribution < -0.4 is 9.47 Å². The normalized spacial score (nSPS) is 10.1. The van der Waals surface area contributed by atoms with Crippen LogP contribution >= 0.6 is 0 Å². The van der Waals surface area contributed by atoms with Gasteiger partial charge in [-0.05, 0) is 30.7 Å². The van der Waals surface area contributed by atoms with Gasteiger partial charge in [0.25, 0.3) is 0 Å². The second kappa shape index (κ2) is 6.70. The van der Waals surface area contributed by atoms with Gasteiger partial charge in [-0.3, -0.25) is 4.79 Å². The minimum atomic E-state index is 0.107. The van der Waals surface area contributed by atoms with E-state index in [9.17, 15) is 4.79 Å². The van der Waals surface area contributed by atoms with Crippen molar-refractivity contribution in [2.45, 2.75) is 19.8 Å². The molecule has 0 saturated carbocycles. The predicted molar refractivity (Wildman–Crippen MR) is 76.5 cm³/mol. The zero-order valence-corrected chi connectivity index (χ0v) is 11.6. The van der Waals surface area contributed by atoms with Crippen LogP contribution in [0.3, 0.4) is 0 Å². The molecule has 4 nitrogen and oxygen atoms in total. The Morgan fingerprint density at radius 2 is 2.05 bits per heavy atom. The SMILES string of the molecule is CCCC(=O)c1ccc(Oc2ccccn2)c(OC)c1. The molecule has 0 unspecified atom stereocenters. The number of benzene rings is 1. The van der Waals surface area contributed by atoms with Crippen LogP contribution in [0.4, 0.5) is 0 Å². The van der Waals surface area contributed by atoms with Crippen LogP contribution in [0.2, 0.25) is 0 Å². The van der Waals surface area contributed by atoms with E-state index in [1.807, 2.05) is 19.1 Å². The Labute approximate surface area is 118 Å². The molecule has 0 amide bonds. The van der Waals surface area contributed by atoms with E-state index >= 15 is 0 Å². The maximum Gasteiger partial charge on any atom is 0.219 e. The third-order valence-corrected chi connectivity index (χ3v) is 2.81. The van der Waals surface area contributed by atoms with Gasteiger partial charge in [0.1, 0.15) is 0 Å². The quantitative estimate of drug-likeness (QED) is 0.748. The van der Waals surface area contributed by atoms with Crippen LogP contribution in [0.15, 0.2) is 42.6 Å². The molecule has 1 aromatic carbocycles. The van der Waals surface area contributed by atoms with Gasteiger partial charge in [-0.2, -0.15) is 0 Å². The number of carbonyl (C=O) groups excluding carboxylic acids is 1. The summed E-state index contributed by atoms with van der Waals surface area (Å²) in [6.45, 7) is 1.98. The van der Waals surface area contributed by atoms with Gasteiger partial charge in [-0.25, -0.2) is 4.98 Å². The monoisotopic (exact) mass is 271 g/mol. The Morgan fingerprint density at radius 3 is 2.70 bits per heavy atom. The first-order valence-electron chi connectivity index (χ1n) is 6.54. The van der Waals surface area contributed by atoms with Gasteiger partial charge < -0.3 is 9.47 Å². The van der Waals surface area contributed by atoms with Crippen molar-refractivity contribution >= 4 is 5.78 Å². The molecule has 0 radical (unpaired) electrons. The summed E-state index contributed by atoms with van der Waals surface area (Å²) in [5, 5.41) is 0. The second-order valence-electron chi connectivity index (χ2n) is 4.31. The van der Waals surface area contributed by atoms with Crippen LogP contribution in [-0.2, 0) is 0 Å². The summed E-state index contributed by atoms with van der Waals surface area (Å²) in [6.07, 6.45) is 3.01. The van der Waals surface area contributed by atoms with E-state index in [1.165, 1.54) is 0 Å². The molecule has 104 valence electrons. The van der Waals surface area contributed by atoms with Crippen LogP contribution in [0.1, 0.15) is 30.1 Å². The van der Waals surface area contributed by atoms with Gasteiger partial charge in [0.2, 0.25) is 5.88 Å². The number of Topliss-reactive ketones (excluding diaryl/α,β-unsaturated/α-hetero) is 1. The summed E-state index contributed by atoms with van der Waals surface area (Å²) < 4.78 is 10.9. The predicted octanol–water partition coefficient (Wildman–Crippen LogP) is 3.87. The van der Waals surface area contributed by atoms with Gasteiger partial charge in [-0.1, -0.05) is 13.0 Å². The summed E-state index contributed by atoms with van der Waals surface area (Å²) in [5.41, 5.74) is 0.636. The lowest BCUT2D eigenvalue weighted by Crippen LogP contribution is -2.00. The van der Waals surface area contributed by atoms with Gasteiger partial charge in [0.15, 0.2) is 17.3 Å². The smallest absolute Gasteiger partial charge is 0.219 e. The number of carbonyl (C=O) groups is 1. The molecule has 2 rings (SSSR count). The van der Waals surface area contributed by atoms with E-state index in [0.29, 0.717) is 29.4 Å². The van der Waals surface area contributed by atoms with E-state index in [2.05, 4.69) is 4.98 Å². The molecule has 0 aliphatic carbocycles. The molecule has 0 N–H and O–H groups in total. The minimum Gasteiger partial charge on any atom is -0.493 e. The number of hydrogen-bond donors (Lipinski definition) is 0. The molecule has 20 heavy (non-hydrogen) atoms. The summed E-state index contributed by atoms with van der Waals surface area (Å²) in [6, 6.07) is 10.6. The fourth-order valence-corrected chi connectivity index (χ4v) is 1.82. The third-order valence-electron chi connectivity index (χ3n) is 2.81. The molecular formula is C16H17NO3. The molecule has 2 aromatic rings. The van der Waals surface area contributed by atoms with Crippen LogP contribution in [0, 0.1) is 0 Å². The summed E-state index contributed by atoms with van der Waals surface area (Å²) in [4.78, 5) is 16.0. The highest BCUT2D eigenvalue weighted by Gasteiger charge is 2.11. The summed E-state index contributed by atoms with van der Waals surface area (Å²) in [5.74, 6) is 1.66. The Bertz CT molecular complexity index is 582. The molecule has 1 aromatic heterocycles. The molecule has 0 aliphatic heterocycles. The van der Waals surface area contributed by atoms with Crippen LogP contribution in [0.25, 0.3) is 0 Å². The second-order valence-corrected chi connectivity index (χ2v) is 4.31. The van der Waals surface area contributed by atoms with E-state index in [4.69, 9.17) is 9.47 Å².